The predicted molar refractivity (Wildman–Crippen MR) is 262 cm³/mol. The highest BCUT2D eigenvalue weighted by Gasteiger charge is 2.61. The van der Waals surface area contributed by atoms with E-state index < -0.39 is 59.5 Å². The van der Waals surface area contributed by atoms with E-state index in [4.69, 9.17) is 19.4 Å². The maximum Gasteiger partial charge on any atom is 0.330 e. The van der Waals surface area contributed by atoms with Crippen molar-refractivity contribution in [2.45, 2.75) is 127 Å². The maximum atomic E-state index is 15.1. The molecule has 4 heterocycles. The summed E-state index contributed by atoms with van der Waals surface area (Å²) in [4.78, 5) is 84.0. The van der Waals surface area contributed by atoms with Gasteiger partial charge in [-0.1, -0.05) is 44.3 Å². The highest BCUT2D eigenvalue weighted by atomic mass is 32.1. The molecule has 2 aliphatic heterocycles. The number of aromatic nitrogens is 2. The number of hydrogen-bond acceptors (Lipinski definition) is 12. The second-order valence-corrected chi connectivity index (χ2v) is 20.1. The number of pyridine rings is 1. The van der Waals surface area contributed by atoms with E-state index in [2.05, 4.69) is 21.3 Å². The number of urea groups is 1. The number of carboxylic acid groups (broad SMARTS) is 1. The zero-order chi connectivity index (χ0) is 48.1. The van der Waals surface area contributed by atoms with E-state index in [1.165, 1.54) is 16.2 Å². The van der Waals surface area contributed by atoms with Gasteiger partial charge in [0.1, 0.15) is 40.9 Å². The van der Waals surface area contributed by atoms with Gasteiger partial charge in [0, 0.05) is 66.6 Å². The number of amides is 4. The third-order valence-corrected chi connectivity index (χ3v) is 14.5. The van der Waals surface area contributed by atoms with Crippen molar-refractivity contribution >= 4 is 62.7 Å². The van der Waals surface area contributed by atoms with E-state index in [0.29, 0.717) is 52.2 Å². The Morgan fingerprint density at radius 1 is 0.956 bits per heavy atom. The van der Waals surface area contributed by atoms with Gasteiger partial charge in [-0.25, -0.2) is 19.6 Å². The van der Waals surface area contributed by atoms with Gasteiger partial charge in [-0.3, -0.25) is 14.4 Å². The molecule has 3 fully saturated rings. The Labute approximate surface area is 401 Å². The normalized spacial score (nSPS) is 24.4. The molecule has 4 aliphatic rings. The molecule has 17 heteroatoms. The number of nitrogens with zero attached hydrogens (tertiary/aromatic N) is 4. The molecule has 4 aromatic rings. The number of carbonyl (C=O) groups is 5. The fraction of sp³-hybridized carbons (Fsp3) is 0.510. The largest absolute Gasteiger partial charge is 0.497 e. The summed E-state index contributed by atoms with van der Waals surface area (Å²) in [6, 6.07) is 11.1. The first-order valence-electron chi connectivity index (χ1n) is 24.0. The van der Waals surface area contributed by atoms with E-state index in [1.54, 1.807) is 37.4 Å². The van der Waals surface area contributed by atoms with E-state index in [0.717, 1.165) is 55.8 Å². The molecule has 1 unspecified atom stereocenters. The number of Topliss-reactive ketones (excluding diaryl/α,β-unsaturated/α-hetero) is 1. The molecule has 6 atom stereocenters. The number of allylic oxidation sites excluding steroid dienone is 1. The van der Waals surface area contributed by atoms with Crippen molar-refractivity contribution in [3.63, 3.8) is 0 Å². The first kappa shape index (κ1) is 48.2. The maximum absolute atomic E-state index is 15.1. The number of anilines is 2. The van der Waals surface area contributed by atoms with Crippen molar-refractivity contribution in [1.82, 2.24) is 30.8 Å². The van der Waals surface area contributed by atoms with Crippen LogP contribution in [0.15, 0.2) is 66.1 Å². The second-order valence-electron chi connectivity index (χ2n) is 19.2. The number of benzene rings is 2. The van der Waals surface area contributed by atoms with Gasteiger partial charge in [0.25, 0.3) is 0 Å². The van der Waals surface area contributed by atoms with Crippen molar-refractivity contribution in [1.29, 1.82) is 0 Å². The third-order valence-electron chi connectivity index (χ3n) is 13.7. The molecule has 2 aliphatic carbocycles. The number of hydrogen-bond donors (Lipinski definition) is 5. The van der Waals surface area contributed by atoms with Crippen LogP contribution < -0.4 is 35.6 Å². The van der Waals surface area contributed by atoms with Crippen LogP contribution >= 0.6 is 11.3 Å². The fourth-order valence-electron chi connectivity index (χ4n) is 9.87. The minimum atomic E-state index is -1.50. The molecule has 0 bridgehead atoms. The van der Waals surface area contributed by atoms with Gasteiger partial charge in [0.2, 0.25) is 11.8 Å². The molecular weight excluding hydrogens is 885 g/mol. The van der Waals surface area contributed by atoms with Gasteiger partial charge < -0.3 is 45.6 Å². The highest BCUT2D eigenvalue weighted by molar-refractivity contribution is 7.14. The molecule has 8 rings (SSSR count). The summed E-state index contributed by atoms with van der Waals surface area (Å²) in [5.41, 5.74) is 1.71. The van der Waals surface area contributed by atoms with Crippen LogP contribution in [-0.2, 0) is 14.4 Å². The smallest absolute Gasteiger partial charge is 0.330 e. The number of aliphatic carboxylic acids is 1. The van der Waals surface area contributed by atoms with Crippen LogP contribution in [0.5, 0.6) is 11.5 Å². The highest BCUT2D eigenvalue weighted by Crippen LogP contribution is 2.46. The first-order chi connectivity index (χ1) is 32.7. The second kappa shape index (κ2) is 21.0. The predicted octanol–water partition coefficient (Wildman–Crippen LogP) is 7.58. The lowest BCUT2D eigenvalue weighted by Crippen LogP contribution is -2.58. The molecule has 0 radical (unpaired) electrons. The summed E-state index contributed by atoms with van der Waals surface area (Å²) in [6.45, 7) is 4.04. The monoisotopic (exact) mass is 948 g/mol. The van der Waals surface area contributed by atoms with Gasteiger partial charge in [-0.05, 0) is 94.7 Å². The van der Waals surface area contributed by atoms with E-state index in [1.807, 2.05) is 68.6 Å². The summed E-state index contributed by atoms with van der Waals surface area (Å²) >= 11 is 1.46. The van der Waals surface area contributed by atoms with Crippen molar-refractivity contribution in [2.24, 2.45) is 11.8 Å². The average Bonchev–Trinajstić information content (AvgIpc) is 3.58. The number of carboxylic acids is 1. The lowest BCUT2D eigenvalue weighted by Gasteiger charge is -2.32. The van der Waals surface area contributed by atoms with Crippen molar-refractivity contribution in [3.8, 4) is 22.9 Å². The Bertz CT molecular complexity index is 2520. The average molecular weight is 949 g/mol. The Hall–Kier alpha value is -6.23. The third kappa shape index (κ3) is 10.9. The number of ether oxygens (including phenoxy) is 2. The minimum Gasteiger partial charge on any atom is -0.497 e. The molecule has 2 saturated carbocycles. The molecule has 362 valence electrons. The zero-order valence-corrected chi connectivity index (χ0v) is 40.4. The minimum absolute atomic E-state index is 0.0271. The molecule has 2 aromatic heterocycles. The van der Waals surface area contributed by atoms with E-state index in [-0.39, 0.29) is 43.6 Å². The van der Waals surface area contributed by atoms with Crippen LogP contribution in [0.1, 0.15) is 101 Å². The van der Waals surface area contributed by atoms with Crippen molar-refractivity contribution < 1.29 is 38.6 Å². The van der Waals surface area contributed by atoms with Gasteiger partial charge in [-0.2, -0.15) is 0 Å². The Morgan fingerprint density at radius 3 is 2.43 bits per heavy atom. The quantitative estimate of drug-likeness (QED) is 0.0650. The summed E-state index contributed by atoms with van der Waals surface area (Å²) in [5, 5.41) is 25.9. The summed E-state index contributed by atoms with van der Waals surface area (Å²) < 4.78 is 12.3. The number of nitrogens with one attached hydrogen (secondary N) is 4. The van der Waals surface area contributed by atoms with Gasteiger partial charge in [-0.15, -0.1) is 11.3 Å². The van der Waals surface area contributed by atoms with Crippen LogP contribution in [-0.4, -0.2) is 113 Å². The lowest BCUT2D eigenvalue weighted by atomic mass is 9.81. The molecule has 5 N–H and O–H groups in total. The Morgan fingerprint density at radius 2 is 1.71 bits per heavy atom. The molecule has 68 heavy (non-hydrogen) atoms. The fourth-order valence-corrected chi connectivity index (χ4v) is 10.7. The van der Waals surface area contributed by atoms with Gasteiger partial charge in [0.15, 0.2) is 10.9 Å². The van der Waals surface area contributed by atoms with Crippen molar-refractivity contribution in [2.75, 3.05) is 38.0 Å². The zero-order valence-electron chi connectivity index (χ0n) is 39.6. The van der Waals surface area contributed by atoms with Crippen LogP contribution in [0.2, 0.25) is 0 Å². The summed E-state index contributed by atoms with van der Waals surface area (Å²) in [5.74, 6) is -1.85. The van der Waals surface area contributed by atoms with Crippen LogP contribution in [0.25, 0.3) is 22.3 Å². The van der Waals surface area contributed by atoms with Crippen molar-refractivity contribution in [3.05, 3.63) is 71.6 Å². The number of thiazole rings is 1. The molecule has 1 saturated heterocycles. The van der Waals surface area contributed by atoms with Crippen LogP contribution in [0, 0.1) is 11.8 Å². The molecule has 16 nitrogen and oxygen atoms in total. The number of fused-ring (bicyclic) bond motifs is 3. The van der Waals surface area contributed by atoms with Gasteiger partial charge in [0.05, 0.1) is 30.9 Å². The number of methoxy groups -OCH3 is 1. The Kier molecular flexibility index (Phi) is 14.9. The van der Waals surface area contributed by atoms with E-state index >= 15 is 4.79 Å². The number of carbonyl (C=O) groups excluding carboxylic acids is 4. The summed E-state index contributed by atoms with van der Waals surface area (Å²) in [7, 11) is 5.44. The van der Waals surface area contributed by atoms with Crippen LogP contribution in [0.3, 0.4) is 0 Å². The standard InChI is InChI=1S/C51H64N8O8S/c1-30(2)52-50-55-41(29-68-50)40-26-43(37-23-22-35(66-5)24-39(37)53-40)67-36-25-42-46(61)57-51(48(63)64)27-33(51)16-12-7-6-8-13-17-38(47(62)59(42)28-36)54-49(65)56-44(31-14-10-9-11-15-31)45(60)32-18-20-34(21-19-32)58(3)4/h12,16,18-24,26,29-31,33,36,38,42,44H,6-11,13-15,17,25,27-28H2,1-5H3,(H,52,55)(H,57,61)(H,63,64)(H2,54,56,65)/b16-12-/t33?,36-,38+,42+,44+,51-/m1/s1. The molecule has 4 amide bonds. The SMILES string of the molecule is COc1ccc2c(O[C@@H]3C[C@H]4C(=O)N[C@]5(C(=O)O)CC5/C=C\CCCCC[C@H](NC(=O)N[C@H](C(=O)c5ccc(N(C)C)cc5)C5CCCCC5)C(=O)N4C3)cc(-c3csc(NC(C)C)n3)nc2c1. The van der Waals surface area contributed by atoms with Gasteiger partial charge >= 0.3 is 12.0 Å². The molecular formula is C51H64N8O8S. The number of ketones is 1. The molecule has 0 spiro atoms. The Balaban J connectivity index is 1.09. The first-order valence-corrected chi connectivity index (χ1v) is 24.9. The van der Waals surface area contributed by atoms with E-state index in [9.17, 15) is 24.3 Å². The molecule has 2 aromatic carbocycles. The topological polar surface area (TPSA) is 204 Å². The number of rotatable bonds is 13. The summed E-state index contributed by atoms with van der Waals surface area (Å²) in [6.07, 6.45) is 11.1. The lowest BCUT2D eigenvalue weighted by molar-refractivity contribution is -0.145. The van der Waals surface area contributed by atoms with Crippen LogP contribution in [0.4, 0.5) is 15.6 Å².